The molecule has 0 radical (unpaired) electrons. The average molecular weight is 339 g/mol. The first-order chi connectivity index (χ1) is 9.19. The minimum absolute atomic E-state index is 0.0365. The SMILES string of the molecule is COc1cccc(C(N)CSc2ccc(Br)cn2)c1. The van der Waals surface area contributed by atoms with Crippen molar-refractivity contribution in [2.75, 3.05) is 12.9 Å². The van der Waals surface area contributed by atoms with Crippen LogP contribution in [-0.2, 0) is 0 Å². The second kappa shape index (κ2) is 6.93. The minimum atomic E-state index is -0.0365. The van der Waals surface area contributed by atoms with Crippen LogP contribution in [0.25, 0.3) is 0 Å². The number of thioether (sulfide) groups is 1. The van der Waals surface area contributed by atoms with E-state index < -0.39 is 0 Å². The summed E-state index contributed by atoms with van der Waals surface area (Å²) in [6.07, 6.45) is 1.79. The van der Waals surface area contributed by atoms with Gasteiger partial charge in [-0.3, -0.25) is 0 Å². The van der Waals surface area contributed by atoms with Crippen LogP contribution in [0, 0.1) is 0 Å². The topological polar surface area (TPSA) is 48.1 Å². The van der Waals surface area contributed by atoms with Crippen molar-refractivity contribution in [2.45, 2.75) is 11.1 Å². The van der Waals surface area contributed by atoms with Gasteiger partial charge in [-0.15, -0.1) is 11.8 Å². The van der Waals surface area contributed by atoms with Gasteiger partial charge in [-0.05, 0) is 45.8 Å². The van der Waals surface area contributed by atoms with Crippen molar-refractivity contribution in [2.24, 2.45) is 5.73 Å². The van der Waals surface area contributed by atoms with Gasteiger partial charge < -0.3 is 10.5 Å². The van der Waals surface area contributed by atoms with E-state index in [0.29, 0.717) is 0 Å². The summed E-state index contributed by atoms with van der Waals surface area (Å²) in [6, 6.07) is 11.8. The van der Waals surface area contributed by atoms with Crippen molar-refractivity contribution in [3.8, 4) is 5.75 Å². The summed E-state index contributed by atoms with van der Waals surface area (Å²) in [5.74, 6) is 1.61. The molecule has 0 saturated carbocycles. The highest BCUT2D eigenvalue weighted by Crippen LogP contribution is 2.24. The summed E-state index contributed by atoms with van der Waals surface area (Å²) in [5.41, 5.74) is 7.26. The molecule has 5 heteroatoms. The Hall–Kier alpha value is -1.04. The van der Waals surface area contributed by atoms with Crippen molar-refractivity contribution in [1.82, 2.24) is 4.98 Å². The summed E-state index contributed by atoms with van der Waals surface area (Å²) >= 11 is 5.02. The van der Waals surface area contributed by atoms with Crippen LogP contribution in [0.2, 0.25) is 0 Å². The van der Waals surface area contributed by atoms with E-state index in [-0.39, 0.29) is 6.04 Å². The van der Waals surface area contributed by atoms with Crippen LogP contribution >= 0.6 is 27.7 Å². The molecule has 2 aromatic rings. The molecule has 0 aliphatic carbocycles. The molecule has 3 nitrogen and oxygen atoms in total. The van der Waals surface area contributed by atoms with Crippen LogP contribution in [0.3, 0.4) is 0 Å². The fourth-order valence-electron chi connectivity index (χ4n) is 1.59. The van der Waals surface area contributed by atoms with Gasteiger partial charge in [-0.2, -0.15) is 0 Å². The van der Waals surface area contributed by atoms with Crippen molar-refractivity contribution in [1.29, 1.82) is 0 Å². The normalized spacial score (nSPS) is 12.2. The van der Waals surface area contributed by atoms with Crippen LogP contribution in [0.5, 0.6) is 5.75 Å². The molecule has 19 heavy (non-hydrogen) atoms. The van der Waals surface area contributed by atoms with Crippen molar-refractivity contribution >= 4 is 27.7 Å². The van der Waals surface area contributed by atoms with Crippen LogP contribution in [0.1, 0.15) is 11.6 Å². The van der Waals surface area contributed by atoms with Gasteiger partial charge in [0.05, 0.1) is 12.1 Å². The summed E-state index contributed by atoms with van der Waals surface area (Å²) in [6.45, 7) is 0. The number of nitrogens with zero attached hydrogens (tertiary/aromatic N) is 1. The number of nitrogens with two attached hydrogens (primary N) is 1. The van der Waals surface area contributed by atoms with E-state index >= 15 is 0 Å². The lowest BCUT2D eigenvalue weighted by atomic mass is 10.1. The molecule has 0 saturated heterocycles. The quantitative estimate of drug-likeness (QED) is 0.845. The van der Waals surface area contributed by atoms with E-state index in [0.717, 1.165) is 26.6 Å². The van der Waals surface area contributed by atoms with Gasteiger partial charge in [-0.1, -0.05) is 12.1 Å². The number of hydrogen-bond acceptors (Lipinski definition) is 4. The zero-order valence-electron chi connectivity index (χ0n) is 10.5. The van der Waals surface area contributed by atoms with Gasteiger partial charge in [-0.25, -0.2) is 4.98 Å². The van der Waals surface area contributed by atoms with Crippen LogP contribution in [0.15, 0.2) is 52.1 Å². The Morgan fingerprint density at radius 3 is 2.89 bits per heavy atom. The van der Waals surface area contributed by atoms with Gasteiger partial charge in [0, 0.05) is 22.5 Å². The largest absolute Gasteiger partial charge is 0.497 e. The highest BCUT2D eigenvalue weighted by atomic mass is 79.9. The number of halogens is 1. The fraction of sp³-hybridized carbons (Fsp3) is 0.214. The third kappa shape index (κ3) is 4.23. The maximum atomic E-state index is 6.18. The molecular formula is C14H15BrN2OS. The number of rotatable bonds is 5. The van der Waals surface area contributed by atoms with E-state index in [1.165, 1.54) is 0 Å². The van der Waals surface area contributed by atoms with Crippen LogP contribution < -0.4 is 10.5 Å². The fourth-order valence-corrected chi connectivity index (χ4v) is 2.66. The number of aromatic nitrogens is 1. The number of ether oxygens (including phenoxy) is 1. The number of hydrogen-bond donors (Lipinski definition) is 1. The molecule has 0 spiro atoms. The number of pyridine rings is 1. The molecule has 0 fully saturated rings. The Labute approximate surface area is 125 Å². The summed E-state index contributed by atoms with van der Waals surface area (Å²) in [5, 5.41) is 0.974. The highest BCUT2D eigenvalue weighted by molar-refractivity contribution is 9.10. The Kier molecular flexibility index (Phi) is 5.24. The second-order valence-corrected chi connectivity index (χ2v) is 5.96. The molecule has 0 amide bonds. The minimum Gasteiger partial charge on any atom is -0.497 e. The monoisotopic (exact) mass is 338 g/mol. The maximum Gasteiger partial charge on any atom is 0.119 e. The van der Waals surface area contributed by atoms with Gasteiger partial charge in [0.15, 0.2) is 0 Å². The van der Waals surface area contributed by atoms with E-state index in [1.807, 2.05) is 36.4 Å². The predicted molar refractivity (Wildman–Crippen MR) is 82.6 cm³/mol. The van der Waals surface area contributed by atoms with Crippen molar-refractivity contribution in [3.63, 3.8) is 0 Å². The van der Waals surface area contributed by atoms with Crippen LogP contribution in [0.4, 0.5) is 0 Å². The average Bonchev–Trinajstić information content (AvgIpc) is 2.46. The Bertz CT molecular complexity index is 533. The third-order valence-corrected chi connectivity index (χ3v) is 4.17. The molecule has 1 unspecified atom stereocenters. The van der Waals surface area contributed by atoms with E-state index in [1.54, 1.807) is 25.1 Å². The Morgan fingerprint density at radius 1 is 1.37 bits per heavy atom. The first kappa shape index (κ1) is 14.4. The Morgan fingerprint density at radius 2 is 2.21 bits per heavy atom. The predicted octanol–water partition coefficient (Wildman–Crippen LogP) is 3.64. The van der Waals surface area contributed by atoms with Gasteiger partial charge >= 0.3 is 0 Å². The van der Waals surface area contributed by atoms with Crippen LogP contribution in [-0.4, -0.2) is 17.8 Å². The van der Waals surface area contributed by atoms with Crippen molar-refractivity contribution < 1.29 is 4.74 Å². The third-order valence-electron chi connectivity index (χ3n) is 2.63. The lowest BCUT2D eigenvalue weighted by molar-refractivity contribution is 0.414. The zero-order chi connectivity index (χ0) is 13.7. The first-order valence-electron chi connectivity index (χ1n) is 5.83. The molecule has 2 rings (SSSR count). The summed E-state index contributed by atoms with van der Waals surface area (Å²) in [4.78, 5) is 4.31. The molecule has 0 aliphatic rings. The molecular weight excluding hydrogens is 324 g/mol. The maximum absolute atomic E-state index is 6.18. The number of methoxy groups -OCH3 is 1. The Balaban J connectivity index is 1.96. The lowest BCUT2D eigenvalue weighted by Gasteiger charge is -2.12. The van der Waals surface area contributed by atoms with E-state index in [4.69, 9.17) is 10.5 Å². The molecule has 1 heterocycles. The van der Waals surface area contributed by atoms with Gasteiger partial charge in [0.2, 0.25) is 0 Å². The van der Waals surface area contributed by atoms with E-state index in [9.17, 15) is 0 Å². The van der Waals surface area contributed by atoms with E-state index in [2.05, 4.69) is 20.9 Å². The lowest BCUT2D eigenvalue weighted by Crippen LogP contribution is -2.13. The van der Waals surface area contributed by atoms with Crippen molar-refractivity contribution in [3.05, 3.63) is 52.6 Å². The second-order valence-electron chi connectivity index (χ2n) is 4.01. The summed E-state index contributed by atoms with van der Waals surface area (Å²) < 4.78 is 6.18. The van der Waals surface area contributed by atoms with Gasteiger partial charge in [0.25, 0.3) is 0 Å². The zero-order valence-corrected chi connectivity index (χ0v) is 12.9. The molecule has 1 atom stereocenters. The first-order valence-corrected chi connectivity index (χ1v) is 7.61. The highest BCUT2D eigenvalue weighted by Gasteiger charge is 2.08. The van der Waals surface area contributed by atoms with Gasteiger partial charge in [0.1, 0.15) is 5.75 Å². The molecule has 2 N–H and O–H groups in total. The molecule has 1 aromatic carbocycles. The molecule has 1 aromatic heterocycles. The summed E-state index contributed by atoms with van der Waals surface area (Å²) in [7, 11) is 1.66. The standard InChI is InChI=1S/C14H15BrN2OS/c1-18-12-4-2-3-10(7-12)13(16)9-19-14-6-5-11(15)8-17-14/h2-8,13H,9,16H2,1H3. The molecule has 0 bridgehead atoms. The molecule has 0 aliphatic heterocycles. The smallest absolute Gasteiger partial charge is 0.119 e. The molecule has 100 valence electrons. The number of benzene rings is 1.